The van der Waals surface area contributed by atoms with Gasteiger partial charge < -0.3 is 26.4 Å². The highest BCUT2D eigenvalue weighted by Crippen LogP contribution is 2.57. The van der Waals surface area contributed by atoms with E-state index in [-0.39, 0.29) is 38.9 Å². The van der Waals surface area contributed by atoms with Crippen molar-refractivity contribution in [1.29, 1.82) is 0 Å². The molecule has 4 atom stereocenters. The van der Waals surface area contributed by atoms with Crippen molar-refractivity contribution in [3.05, 3.63) is 86.6 Å². The highest BCUT2D eigenvalue weighted by molar-refractivity contribution is 9.10. The van der Waals surface area contributed by atoms with Crippen LogP contribution in [0.5, 0.6) is 5.75 Å². The lowest BCUT2D eigenvalue weighted by molar-refractivity contribution is -0.122. The summed E-state index contributed by atoms with van der Waals surface area (Å²) in [5, 5.41) is 9.20. The maximum Gasteiger partial charge on any atom is 0.248 e. The molecule has 5 rings (SSSR count). The van der Waals surface area contributed by atoms with Crippen molar-refractivity contribution < 1.29 is 23.5 Å². The smallest absolute Gasteiger partial charge is 0.248 e. The van der Waals surface area contributed by atoms with Gasteiger partial charge in [-0.05, 0) is 59.4 Å². The van der Waals surface area contributed by atoms with Crippen LogP contribution >= 0.6 is 27.5 Å². The minimum absolute atomic E-state index is 0.112. The van der Waals surface area contributed by atoms with Crippen molar-refractivity contribution in [2.24, 2.45) is 11.1 Å². The Balaban J connectivity index is 1.70. The second-order valence-corrected chi connectivity index (χ2v) is 13.2. The third kappa shape index (κ3) is 5.05. The molecule has 3 aromatic rings. The summed E-state index contributed by atoms with van der Waals surface area (Å²) in [6.07, 6.45) is 0.495. The molecule has 0 radical (unpaired) electrons. The van der Waals surface area contributed by atoms with Crippen molar-refractivity contribution in [2.75, 3.05) is 17.7 Å². The molecule has 1 spiro atoms. The number of carbonyl (C=O) groups is 3. The first kappa shape index (κ1) is 30.0. The molecule has 0 aromatic heterocycles. The fourth-order valence-corrected chi connectivity index (χ4v) is 6.85. The van der Waals surface area contributed by atoms with Crippen molar-refractivity contribution in [3.8, 4) is 5.75 Å². The molecule has 5 N–H and O–H groups in total. The van der Waals surface area contributed by atoms with Gasteiger partial charge >= 0.3 is 0 Å². The van der Waals surface area contributed by atoms with Crippen LogP contribution < -0.4 is 26.4 Å². The third-order valence-corrected chi connectivity index (χ3v) is 8.75. The van der Waals surface area contributed by atoms with E-state index < -0.39 is 41.0 Å². The molecule has 3 amide bonds. The molecule has 1 fully saturated rings. The first-order valence-electron chi connectivity index (χ1n) is 13.4. The van der Waals surface area contributed by atoms with E-state index in [0.717, 1.165) is 4.47 Å². The highest BCUT2D eigenvalue weighted by Gasteiger charge is 2.66. The molecule has 1 saturated heterocycles. The Hall–Kier alpha value is -3.47. The van der Waals surface area contributed by atoms with Crippen LogP contribution in [0.1, 0.15) is 54.6 Å². The average Bonchev–Trinajstić information content (AvgIpc) is 3.39. The first-order chi connectivity index (χ1) is 19.8. The number of ether oxygens (including phenoxy) is 1. The minimum atomic E-state index is -1.35. The number of anilines is 2. The Morgan fingerprint density at radius 2 is 1.90 bits per heavy atom. The number of hydrogen-bond acceptors (Lipinski definition) is 5. The topological polar surface area (TPSA) is 123 Å². The summed E-state index contributed by atoms with van der Waals surface area (Å²) in [6.45, 7) is 6.14. The molecule has 2 aliphatic heterocycles. The van der Waals surface area contributed by atoms with E-state index >= 15 is 4.39 Å². The summed E-state index contributed by atoms with van der Waals surface area (Å²) >= 11 is 9.74. The third-order valence-electron chi connectivity index (χ3n) is 7.96. The van der Waals surface area contributed by atoms with E-state index in [4.69, 9.17) is 22.1 Å². The number of methoxy groups -OCH3 is 1. The van der Waals surface area contributed by atoms with Gasteiger partial charge in [0.05, 0.1) is 23.9 Å². The average molecular weight is 658 g/mol. The second-order valence-electron chi connectivity index (χ2n) is 11.9. The van der Waals surface area contributed by atoms with Gasteiger partial charge in [0, 0.05) is 27.7 Å². The van der Waals surface area contributed by atoms with Gasteiger partial charge in [-0.2, -0.15) is 0 Å². The Kier molecular flexibility index (Phi) is 7.85. The van der Waals surface area contributed by atoms with E-state index in [0.29, 0.717) is 17.7 Å². The van der Waals surface area contributed by atoms with Crippen LogP contribution in [0.2, 0.25) is 5.02 Å². The SMILES string of the molecule is COc1cc(C(N)=O)ccc1NC(=O)C1NC(CC(C)(C)C)C2(C(=O)Nc3cc(Br)ccc32)C1c1cccc(Cl)c1F. The van der Waals surface area contributed by atoms with Crippen LogP contribution in [-0.2, 0) is 15.0 Å². The minimum Gasteiger partial charge on any atom is -0.495 e. The standard InChI is InChI=1S/C31H31BrClFN4O4/c1-30(2,3)14-23-31(18-10-9-16(32)13-21(18)37-29(31)41)24(17-6-5-7-19(33)25(17)34)26(38-23)28(40)36-20-11-8-15(27(35)39)12-22(20)42-4/h5-13,23-24,26,38H,14H2,1-4H3,(H2,35,39)(H,36,40)(H,37,41). The van der Waals surface area contributed by atoms with Crippen molar-refractivity contribution >= 4 is 56.6 Å². The van der Waals surface area contributed by atoms with E-state index in [1.165, 1.54) is 31.4 Å². The lowest BCUT2D eigenvalue weighted by atomic mass is 9.62. The van der Waals surface area contributed by atoms with Crippen LogP contribution in [0.15, 0.2) is 59.1 Å². The molecule has 11 heteroatoms. The van der Waals surface area contributed by atoms with Crippen LogP contribution in [-0.4, -0.2) is 36.9 Å². The van der Waals surface area contributed by atoms with Gasteiger partial charge in [-0.3, -0.25) is 14.4 Å². The summed E-state index contributed by atoms with van der Waals surface area (Å²) in [7, 11) is 1.40. The number of rotatable bonds is 6. The zero-order valence-electron chi connectivity index (χ0n) is 23.5. The lowest BCUT2D eigenvalue weighted by Gasteiger charge is -2.37. The zero-order chi connectivity index (χ0) is 30.6. The van der Waals surface area contributed by atoms with E-state index in [9.17, 15) is 14.4 Å². The monoisotopic (exact) mass is 656 g/mol. The van der Waals surface area contributed by atoms with Crippen molar-refractivity contribution in [2.45, 2.75) is 50.6 Å². The number of nitrogens with two attached hydrogens (primary N) is 1. The van der Waals surface area contributed by atoms with Crippen LogP contribution in [0.25, 0.3) is 0 Å². The molecule has 0 saturated carbocycles. The van der Waals surface area contributed by atoms with Gasteiger partial charge in [-0.15, -0.1) is 0 Å². The van der Waals surface area contributed by atoms with Gasteiger partial charge in [-0.1, -0.05) is 66.5 Å². The Morgan fingerprint density at radius 3 is 2.57 bits per heavy atom. The highest BCUT2D eigenvalue weighted by atomic mass is 79.9. The summed E-state index contributed by atoms with van der Waals surface area (Å²) in [4.78, 5) is 40.1. The number of halogens is 3. The molecule has 0 aliphatic carbocycles. The fourth-order valence-electron chi connectivity index (χ4n) is 6.31. The predicted molar refractivity (Wildman–Crippen MR) is 164 cm³/mol. The second kappa shape index (κ2) is 11.0. The number of carbonyl (C=O) groups excluding carboxylic acids is 3. The summed E-state index contributed by atoms with van der Waals surface area (Å²) in [6, 6.07) is 12.9. The molecule has 8 nitrogen and oxygen atoms in total. The maximum atomic E-state index is 15.9. The zero-order valence-corrected chi connectivity index (χ0v) is 25.8. The lowest BCUT2D eigenvalue weighted by Crippen LogP contribution is -2.49. The Labute approximate surface area is 256 Å². The fraction of sp³-hybridized carbons (Fsp3) is 0.323. The van der Waals surface area contributed by atoms with Crippen LogP contribution in [0.3, 0.4) is 0 Å². The Morgan fingerprint density at radius 1 is 1.17 bits per heavy atom. The van der Waals surface area contributed by atoms with E-state index in [1.54, 1.807) is 18.2 Å². The number of primary amides is 1. The van der Waals surface area contributed by atoms with Crippen LogP contribution in [0, 0.1) is 11.2 Å². The summed E-state index contributed by atoms with van der Waals surface area (Å²) in [5.74, 6) is -2.95. The summed E-state index contributed by atoms with van der Waals surface area (Å²) in [5.41, 5.74) is 5.69. The predicted octanol–water partition coefficient (Wildman–Crippen LogP) is 5.74. The molecule has 220 valence electrons. The molecule has 42 heavy (non-hydrogen) atoms. The Bertz CT molecular complexity index is 1610. The maximum absolute atomic E-state index is 15.9. The number of fused-ring (bicyclic) bond motifs is 2. The largest absolute Gasteiger partial charge is 0.495 e. The summed E-state index contributed by atoms with van der Waals surface area (Å²) < 4.78 is 22.1. The number of benzene rings is 3. The molecule has 0 bridgehead atoms. The van der Waals surface area contributed by atoms with Gasteiger partial charge in [0.2, 0.25) is 17.7 Å². The van der Waals surface area contributed by atoms with Crippen molar-refractivity contribution in [3.63, 3.8) is 0 Å². The van der Waals surface area contributed by atoms with Gasteiger partial charge in [0.25, 0.3) is 0 Å². The normalized spacial score (nSPS) is 23.0. The molecular formula is C31H31BrClFN4O4. The first-order valence-corrected chi connectivity index (χ1v) is 14.5. The quantitative estimate of drug-likeness (QED) is 0.270. The molecular weight excluding hydrogens is 627 g/mol. The van der Waals surface area contributed by atoms with Crippen molar-refractivity contribution in [1.82, 2.24) is 5.32 Å². The molecule has 2 heterocycles. The number of amides is 3. The van der Waals surface area contributed by atoms with Crippen LogP contribution in [0.4, 0.5) is 15.8 Å². The van der Waals surface area contributed by atoms with Gasteiger partial charge in [-0.25, -0.2) is 4.39 Å². The van der Waals surface area contributed by atoms with E-state index in [1.807, 2.05) is 32.9 Å². The van der Waals surface area contributed by atoms with E-state index in [2.05, 4.69) is 31.9 Å². The molecule has 3 aromatic carbocycles. The number of nitrogens with one attached hydrogen (secondary N) is 3. The molecule has 2 aliphatic rings. The molecule has 4 unspecified atom stereocenters. The van der Waals surface area contributed by atoms with Gasteiger partial charge in [0.15, 0.2) is 0 Å². The number of hydrogen-bond donors (Lipinski definition) is 4. The van der Waals surface area contributed by atoms with Gasteiger partial charge in [0.1, 0.15) is 17.0 Å².